The van der Waals surface area contributed by atoms with Gasteiger partial charge in [0.15, 0.2) is 17.5 Å². The molecule has 3 N–H and O–H groups in total. The third-order valence-electron chi connectivity index (χ3n) is 3.17. The Morgan fingerprint density at radius 3 is 2.61 bits per heavy atom. The molecule has 0 radical (unpaired) electrons. The highest BCUT2D eigenvalue weighted by Crippen LogP contribution is 2.28. The summed E-state index contributed by atoms with van der Waals surface area (Å²) in [5, 5.41) is 3.05. The van der Waals surface area contributed by atoms with Crippen LogP contribution in [-0.4, -0.2) is 19.7 Å². The Morgan fingerprint density at radius 2 is 1.91 bits per heavy atom. The predicted octanol–water partition coefficient (Wildman–Crippen LogP) is 3.41. The van der Waals surface area contributed by atoms with Crippen molar-refractivity contribution in [1.29, 1.82) is 0 Å². The second kappa shape index (κ2) is 8.68. The third kappa shape index (κ3) is 5.21. The van der Waals surface area contributed by atoms with E-state index >= 15 is 0 Å². The fourth-order valence-corrected chi connectivity index (χ4v) is 2.03. The maximum absolute atomic E-state index is 5.90. The zero-order valence-electron chi connectivity index (χ0n) is 13.6. The molecule has 0 saturated carbocycles. The molecule has 0 amide bonds. The van der Waals surface area contributed by atoms with Crippen molar-refractivity contribution in [2.75, 3.05) is 19.0 Å². The number of nitrogens with zero attached hydrogens (tertiary/aromatic N) is 1. The molecule has 0 aliphatic heterocycles. The summed E-state index contributed by atoms with van der Waals surface area (Å²) in [6, 6.07) is 15.5. The molecule has 0 aliphatic rings. The quantitative estimate of drug-likeness (QED) is 0.607. The number of hydrogen-bond acceptors (Lipinski definition) is 3. The Bertz CT molecular complexity index is 642. The van der Waals surface area contributed by atoms with Crippen LogP contribution in [0.1, 0.15) is 18.9 Å². The van der Waals surface area contributed by atoms with Crippen molar-refractivity contribution in [3.05, 3.63) is 54.1 Å². The van der Waals surface area contributed by atoms with Gasteiger partial charge in [-0.1, -0.05) is 31.2 Å². The Balaban J connectivity index is 2.00. The summed E-state index contributed by atoms with van der Waals surface area (Å²) in [7, 11) is 1.63. The molecule has 0 unspecified atom stereocenters. The van der Waals surface area contributed by atoms with Gasteiger partial charge < -0.3 is 20.5 Å². The zero-order valence-corrected chi connectivity index (χ0v) is 13.6. The van der Waals surface area contributed by atoms with E-state index in [1.54, 1.807) is 7.11 Å². The molecule has 0 spiro atoms. The molecule has 0 atom stereocenters. The van der Waals surface area contributed by atoms with Crippen LogP contribution in [-0.2, 0) is 6.54 Å². The van der Waals surface area contributed by atoms with Gasteiger partial charge in [0.05, 0.1) is 20.3 Å². The zero-order chi connectivity index (χ0) is 16.5. The number of nitrogens with one attached hydrogen (secondary N) is 1. The van der Waals surface area contributed by atoms with E-state index in [9.17, 15) is 0 Å². The number of hydrogen-bond donors (Lipinski definition) is 2. The summed E-state index contributed by atoms with van der Waals surface area (Å²) in [4.78, 5) is 4.34. The van der Waals surface area contributed by atoms with Crippen LogP contribution in [0.4, 0.5) is 5.69 Å². The first-order valence-electron chi connectivity index (χ1n) is 7.64. The van der Waals surface area contributed by atoms with E-state index in [0.29, 0.717) is 24.9 Å². The number of anilines is 1. The topological polar surface area (TPSA) is 68.9 Å². The number of nitrogens with two attached hydrogens (primary N) is 1. The average molecular weight is 313 g/mol. The molecule has 2 aromatic carbocycles. The van der Waals surface area contributed by atoms with E-state index in [1.807, 2.05) is 48.5 Å². The molecule has 5 heteroatoms. The Labute approximate surface area is 137 Å². The van der Waals surface area contributed by atoms with E-state index in [4.69, 9.17) is 15.2 Å². The largest absolute Gasteiger partial charge is 0.493 e. The normalized spacial score (nSPS) is 11.1. The lowest BCUT2D eigenvalue weighted by Crippen LogP contribution is -2.22. The van der Waals surface area contributed by atoms with Crippen molar-refractivity contribution in [3.63, 3.8) is 0 Å². The number of ether oxygens (including phenoxy) is 2. The monoisotopic (exact) mass is 313 g/mol. The number of benzene rings is 2. The lowest BCUT2D eigenvalue weighted by Gasteiger charge is -2.11. The minimum atomic E-state index is 0.376. The molecule has 0 aliphatic carbocycles. The molecule has 23 heavy (non-hydrogen) atoms. The van der Waals surface area contributed by atoms with Gasteiger partial charge in [0.25, 0.3) is 0 Å². The molecule has 2 rings (SSSR count). The Kier molecular flexibility index (Phi) is 6.29. The number of methoxy groups -OCH3 is 1. The van der Waals surface area contributed by atoms with Crippen molar-refractivity contribution >= 4 is 11.6 Å². The minimum absolute atomic E-state index is 0.376. The molecule has 2 aromatic rings. The standard InChI is InChI=1S/C18H23N3O2/c1-3-11-23-16-10-9-14(12-17(16)22-2)13-20-18(19)21-15-7-5-4-6-8-15/h4-10,12H,3,11,13H2,1-2H3,(H3,19,20,21). The van der Waals surface area contributed by atoms with Gasteiger partial charge in [0, 0.05) is 5.69 Å². The SMILES string of the molecule is CCCOc1ccc(CN=C(N)Nc2ccccc2)cc1OC. The van der Waals surface area contributed by atoms with Crippen LogP contribution in [0.25, 0.3) is 0 Å². The first kappa shape index (κ1) is 16.7. The van der Waals surface area contributed by atoms with E-state index in [0.717, 1.165) is 23.4 Å². The number of rotatable bonds is 7. The predicted molar refractivity (Wildman–Crippen MR) is 94.2 cm³/mol. The summed E-state index contributed by atoms with van der Waals surface area (Å²) >= 11 is 0. The number of guanidine groups is 1. The highest BCUT2D eigenvalue weighted by Gasteiger charge is 2.05. The van der Waals surface area contributed by atoms with Crippen LogP contribution in [0.3, 0.4) is 0 Å². The second-order valence-corrected chi connectivity index (χ2v) is 5.03. The first-order valence-corrected chi connectivity index (χ1v) is 7.64. The van der Waals surface area contributed by atoms with E-state index in [2.05, 4.69) is 17.2 Å². The summed E-state index contributed by atoms with van der Waals surface area (Å²) in [6.45, 7) is 3.20. The molecule has 122 valence electrons. The van der Waals surface area contributed by atoms with Crippen LogP contribution in [0.5, 0.6) is 11.5 Å². The summed E-state index contributed by atoms with van der Waals surface area (Å²) in [6.07, 6.45) is 0.955. The molecular formula is C18H23N3O2. The van der Waals surface area contributed by atoms with Gasteiger partial charge in [-0.05, 0) is 36.2 Å². The fraction of sp³-hybridized carbons (Fsp3) is 0.278. The second-order valence-electron chi connectivity index (χ2n) is 5.03. The van der Waals surface area contributed by atoms with E-state index < -0.39 is 0 Å². The molecule has 5 nitrogen and oxygen atoms in total. The van der Waals surface area contributed by atoms with Crippen LogP contribution in [0.15, 0.2) is 53.5 Å². The van der Waals surface area contributed by atoms with Crippen molar-refractivity contribution in [2.45, 2.75) is 19.9 Å². The van der Waals surface area contributed by atoms with Crippen molar-refractivity contribution in [3.8, 4) is 11.5 Å². The summed E-state index contributed by atoms with van der Waals surface area (Å²) in [5.41, 5.74) is 7.82. The van der Waals surface area contributed by atoms with Crippen molar-refractivity contribution in [1.82, 2.24) is 0 Å². The number of para-hydroxylation sites is 1. The van der Waals surface area contributed by atoms with Crippen LogP contribution in [0, 0.1) is 0 Å². The average Bonchev–Trinajstić information content (AvgIpc) is 2.59. The molecule has 0 aromatic heterocycles. The Hall–Kier alpha value is -2.69. The molecule has 0 fully saturated rings. The third-order valence-corrected chi connectivity index (χ3v) is 3.17. The summed E-state index contributed by atoms with van der Waals surface area (Å²) in [5.74, 6) is 1.83. The van der Waals surface area contributed by atoms with Gasteiger partial charge in [-0.15, -0.1) is 0 Å². The van der Waals surface area contributed by atoms with Gasteiger partial charge in [0.2, 0.25) is 0 Å². The Morgan fingerprint density at radius 1 is 1.13 bits per heavy atom. The van der Waals surface area contributed by atoms with Crippen LogP contribution in [0.2, 0.25) is 0 Å². The maximum atomic E-state index is 5.90. The number of aliphatic imine (C=N–C) groups is 1. The van der Waals surface area contributed by atoms with Crippen molar-refractivity contribution in [2.24, 2.45) is 10.7 Å². The molecular weight excluding hydrogens is 290 g/mol. The minimum Gasteiger partial charge on any atom is -0.493 e. The smallest absolute Gasteiger partial charge is 0.193 e. The lowest BCUT2D eigenvalue weighted by atomic mass is 10.2. The highest BCUT2D eigenvalue weighted by molar-refractivity contribution is 5.92. The van der Waals surface area contributed by atoms with Gasteiger partial charge in [-0.2, -0.15) is 0 Å². The van der Waals surface area contributed by atoms with E-state index in [1.165, 1.54) is 0 Å². The van der Waals surface area contributed by atoms with Gasteiger partial charge >= 0.3 is 0 Å². The lowest BCUT2D eigenvalue weighted by molar-refractivity contribution is 0.294. The molecule has 0 saturated heterocycles. The van der Waals surface area contributed by atoms with Gasteiger partial charge in [0.1, 0.15) is 0 Å². The maximum Gasteiger partial charge on any atom is 0.193 e. The molecule has 0 bridgehead atoms. The molecule has 0 heterocycles. The van der Waals surface area contributed by atoms with Crippen molar-refractivity contribution < 1.29 is 9.47 Å². The van der Waals surface area contributed by atoms with Crippen LogP contribution >= 0.6 is 0 Å². The van der Waals surface area contributed by atoms with Gasteiger partial charge in [-0.25, -0.2) is 4.99 Å². The van der Waals surface area contributed by atoms with Gasteiger partial charge in [-0.3, -0.25) is 0 Å². The van der Waals surface area contributed by atoms with E-state index in [-0.39, 0.29) is 0 Å². The first-order chi connectivity index (χ1) is 11.2. The highest BCUT2D eigenvalue weighted by atomic mass is 16.5. The van der Waals surface area contributed by atoms with Crippen LogP contribution < -0.4 is 20.5 Å². The summed E-state index contributed by atoms with van der Waals surface area (Å²) < 4.78 is 11.0. The fourth-order valence-electron chi connectivity index (χ4n) is 2.03.